The van der Waals surface area contributed by atoms with E-state index in [0.717, 1.165) is 41.7 Å². The van der Waals surface area contributed by atoms with Crippen LogP contribution in [0.15, 0.2) is 47.6 Å². The molecule has 1 heterocycles. The van der Waals surface area contributed by atoms with Crippen LogP contribution in [-0.4, -0.2) is 37.5 Å². The molecule has 0 saturated heterocycles. The quantitative estimate of drug-likeness (QED) is 0.237. The first-order chi connectivity index (χ1) is 16.8. The summed E-state index contributed by atoms with van der Waals surface area (Å²) in [4.78, 5) is 29.3. The molecule has 0 spiro atoms. The number of allylic oxidation sites excluding steroid dienone is 1. The van der Waals surface area contributed by atoms with Gasteiger partial charge in [-0.15, -0.1) is 0 Å². The third-order valence-electron chi connectivity index (χ3n) is 5.67. The van der Waals surface area contributed by atoms with Crippen molar-refractivity contribution in [3.05, 3.63) is 63.1 Å². The second-order valence-corrected chi connectivity index (χ2v) is 9.45. The molecule has 35 heavy (non-hydrogen) atoms. The van der Waals surface area contributed by atoms with Gasteiger partial charge in [0.15, 0.2) is 0 Å². The number of benzene rings is 2. The summed E-state index contributed by atoms with van der Waals surface area (Å²) in [6.07, 6.45) is 7.36. The van der Waals surface area contributed by atoms with Crippen LogP contribution in [0.3, 0.4) is 0 Å². The van der Waals surface area contributed by atoms with E-state index in [4.69, 9.17) is 44.4 Å². The third-order valence-corrected chi connectivity index (χ3v) is 6.46. The smallest absolute Gasteiger partial charge is 0.354 e. The molecule has 0 aliphatic carbocycles. The highest BCUT2D eigenvalue weighted by Gasteiger charge is 2.49. The minimum absolute atomic E-state index is 0.209. The third kappa shape index (κ3) is 7.00. The average Bonchev–Trinajstić information content (AvgIpc) is 3.25. The number of nitrogens with zero attached hydrogens (tertiary/aromatic N) is 1. The van der Waals surface area contributed by atoms with Crippen molar-refractivity contribution in [1.82, 2.24) is 0 Å². The van der Waals surface area contributed by atoms with Gasteiger partial charge < -0.3 is 14.3 Å². The van der Waals surface area contributed by atoms with E-state index in [-0.39, 0.29) is 12.8 Å². The van der Waals surface area contributed by atoms with Crippen LogP contribution >= 0.6 is 34.8 Å². The monoisotopic (exact) mass is 537 g/mol. The van der Waals surface area contributed by atoms with E-state index >= 15 is 0 Å². The SMILES string of the molecule is COC(=O)CC1(C(=O)OC)CC(CCCC/C=C/c2ccc(Cl)cc2-c2ccc(Cl)cc2Cl)=NO1. The summed E-state index contributed by atoms with van der Waals surface area (Å²) in [5.41, 5.74) is 2.07. The van der Waals surface area contributed by atoms with Crippen LogP contribution in [0.1, 0.15) is 44.1 Å². The Hall–Kier alpha value is -2.54. The van der Waals surface area contributed by atoms with Crippen molar-refractivity contribution < 1.29 is 23.9 Å². The normalized spacial score (nSPS) is 17.2. The van der Waals surface area contributed by atoms with Gasteiger partial charge in [0.05, 0.1) is 26.4 Å². The molecule has 0 amide bonds. The van der Waals surface area contributed by atoms with Gasteiger partial charge in [0, 0.05) is 27.1 Å². The molecule has 0 radical (unpaired) electrons. The van der Waals surface area contributed by atoms with Crippen molar-refractivity contribution in [1.29, 1.82) is 0 Å². The molecule has 0 saturated carbocycles. The topological polar surface area (TPSA) is 74.2 Å². The van der Waals surface area contributed by atoms with E-state index in [1.165, 1.54) is 14.2 Å². The van der Waals surface area contributed by atoms with Crippen molar-refractivity contribution in [2.45, 2.75) is 44.1 Å². The van der Waals surface area contributed by atoms with Gasteiger partial charge in [-0.25, -0.2) is 4.79 Å². The molecule has 6 nitrogen and oxygen atoms in total. The Balaban J connectivity index is 1.55. The molecule has 1 aliphatic rings. The Bertz CT molecular complexity index is 1150. The predicted molar refractivity (Wildman–Crippen MR) is 139 cm³/mol. The number of halogens is 3. The summed E-state index contributed by atoms with van der Waals surface area (Å²) in [6.45, 7) is 0. The van der Waals surface area contributed by atoms with Crippen LogP contribution < -0.4 is 0 Å². The van der Waals surface area contributed by atoms with Crippen molar-refractivity contribution in [3.63, 3.8) is 0 Å². The lowest BCUT2D eigenvalue weighted by molar-refractivity contribution is -0.173. The van der Waals surface area contributed by atoms with Crippen molar-refractivity contribution in [2.24, 2.45) is 5.16 Å². The lowest BCUT2D eigenvalue weighted by Gasteiger charge is -2.22. The van der Waals surface area contributed by atoms with Crippen LogP contribution in [0, 0.1) is 0 Å². The second kappa shape index (κ2) is 12.4. The molecule has 0 N–H and O–H groups in total. The lowest BCUT2D eigenvalue weighted by Crippen LogP contribution is -2.42. The molecule has 0 fully saturated rings. The fourth-order valence-corrected chi connectivity index (χ4v) is 4.55. The highest BCUT2D eigenvalue weighted by Crippen LogP contribution is 2.35. The fraction of sp³-hybridized carbons (Fsp3) is 0.346. The van der Waals surface area contributed by atoms with Gasteiger partial charge in [-0.05, 0) is 61.1 Å². The van der Waals surface area contributed by atoms with E-state index in [1.807, 2.05) is 30.3 Å². The van der Waals surface area contributed by atoms with Crippen molar-refractivity contribution in [2.75, 3.05) is 14.2 Å². The summed E-state index contributed by atoms with van der Waals surface area (Å²) in [5, 5.41) is 5.79. The molecular weight excluding hydrogens is 513 g/mol. The Kier molecular flexibility index (Phi) is 9.61. The van der Waals surface area contributed by atoms with E-state index in [9.17, 15) is 9.59 Å². The van der Waals surface area contributed by atoms with E-state index in [1.54, 1.807) is 12.1 Å². The molecular formula is C26H26Cl3NO5. The van der Waals surface area contributed by atoms with Gasteiger partial charge in [-0.1, -0.05) is 64.2 Å². The minimum Gasteiger partial charge on any atom is -0.469 e. The number of esters is 2. The van der Waals surface area contributed by atoms with Crippen LogP contribution in [0.4, 0.5) is 0 Å². The molecule has 3 rings (SSSR count). The lowest BCUT2D eigenvalue weighted by atomic mass is 9.92. The standard InChI is InChI=1S/C26H26Cl3NO5/c1-33-24(31)16-26(25(32)34-2)15-20(30-35-26)8-6-4-3-5-7-17-9-10-18(27)13-22(17)21-12-11-19(28)14-23(21)29/h5,7,9-14H,3-4,6,8,15-16H2,1-2H3/b7-5+. The van der Waals surface area contributed by atoms with Crippen LogP contribution in [0.5, 0.6) is 0 Å². The zero-order valence-corrected chi connectivity index (χ0v) is 21.8. The van der Waals surface area contributed by atoms with Gasteiger partial charge in [0.1, 0.15) is 0 Å². The van der Waals surface area contributed by atoms with Crippen LogP contribution in [0.25, 0.3) is 17.2 Å². The second-order valence-electron chi connectivity index (χ2n) is 8.17. The maximum Gasteiger partial charge on any atom is 0.354 e. The number of methoxy groups -OCH3 is 2. The summed E-state index contributed by atoms with van der Waals surface area (Å²) >= 11 is 18.7. The van der Waals surface area contributed by atoms with Gasteiger partial charge in [-0.2, -0.15) is 0 Å². The Morgan fingerprint density at radius 2 is 1.77 bits per heavy atom. The fourth-order valence-electron chi connectivity index (χ4n) is 3.86. The number of carbonyl (C=O) groups is 2. The summed E-state index contributed by atoms with van der Waals surface area (Å²) in [5.74, 6) is -1.19. The molecule has 186 valence electrons. The number of ether oxygens (including phenoxy) is 2. The molecule has 0 bridgehead atoms. The van der Waals surface area contributed by atoms with Crippen LogP contribution in [-0.2, 0) is 23.9 Å². The first-order valence-electron chi connectivity index (χ1n) is 11.1. The van der Waals surface area contributed by atoms with Gasteiger partial charge >= 0.3 is 11.9 Å². The van der Waals surface area contributed by atoms with Crippen molar-refractivity contribution >= 4 is 58.5 Å². The zero-order chi connectivity index (χ0) is 25.4. The zero-order valence-electron chi connectivity index (χ0n) is 19.5. The highest BCUT2D eigenvalue weighted by molar-refractivity contribution is 6.36. The molecule has 2 aromatic rings. The summed E-state index contributed by atoms with van der Waals surface area (Å²) in [7, 11) is 2.51. The number of carbonyl (C=O) groups excluding carboxylic acids is 2. The largest absolute Gasteiger partial charge is 0.469 e. The maximum absolute atomic E-state index is 12.2. The van der Waals surface area contributed by atoms with E-state index < -0.39 is 17.5 Å². The van der Waals surface area contributed by atoms with Gasteiger partial charge in [0.2, 0.25) is 5.60 Å². The molecule has 9 heteroatoms. The number of oxime groups is 1. The maximum atomic E-state index is 12.2. The predicted octanol–water partition coefficient (Wildman–Crippen LogP) is 7.14. The first-order valence-corrected chi connectivity index (χ1v) is 12.2. The molecule has 0 aromatic heterocycles. The number of hydrogen-bond donors (Lipinski definition) is 0. The number of hydrogen-bond acceptors (Lipinski definition) is 6. The summed E-state index contributed by atoms with van der Waals surface area (Å²) < 4.78 is 9.49. The van der Waals surface area contributed by atoms with E-state index in [0.29, 0.717) is 21.5 Å². The molecule has 1 atom stereocenters. The van der Waals surface area contributed by atoms with Gasteiger partial charge in [0.25, 0.3) is 0 Å². The molecule has 2 aromatic carbocycles. The highest BCUT2D eigenvalue weighted by atomic mass is 35.5. The minimum atomic E-state index is -1.44. The Morgan fingerprint density at radius 3 is 2.49 bits per heavy atom. The van der Waals surface area contributed by atoms with Crippen molar-refractivity contribution in [3.8, 4) is 11.1 Å². The number of unbranched alkanes of at least 4 members (excludes halogenated alkanes) is 2. The summed E-state index contributed by atoms with van der Waals surface area (Å²) in [6, 6.07) is 11.1. The Labute approximate surface area is 219 Å². The molecule has 1 aliphatic heterocycles. The van der Waals surface area contributed by atoms with Gasteiger partial charge in [-0.3, -0.25) is 4.79 Å². The average molecular weight is 539 g/mol. The molecule has 1 unspecified atom stereocenters. The Morgan fingerprint density at radius 1 is 1.03 bits per heavy atom. The van der Waals surface area contributed by atoms with Crippen LogP contribution in [0.2, 0.25) is 15.1 Å². The number of rotatable bonds is 10. The van der Waals surface area contributed by atoms with E-state index in [2.05, 4.69) is 16.0 Å². The first kappa shape index (κ1) is 27.1.